The van der Waals surface area contributed by atoms with Crippen molar-refractivity contribution in [2.24, 2.45) is 0 Å². The summed E-state index contributed by atoms with van der Waals surface area (Å²) >= 11 is 57.4. The SMILES string of the molecule is COc1ccc(N)cc1Cl.COc1ccc(Nc2nc(C)nc(NC3CCCCCC3)n2)cc1Cl.COc1ccc(Nc2nc(Cl)nc(Cl)n2)cc1Cl.COc1ccc(Nc2nc(Cl)nc(NC3CCCCCC3)n2)cc1Cl.Clc1nc(Cl)nc(Cl)n1. The lowest BCUT2D eigenvalue weighted by molar-refractivity contribution is 0.415. The molecule has 0 spiro atoms. The Kier molecular flexibility index (Phi) is 29.2. The van der Waals surface area contributed by atoms with Crippen molar-refractivity contribution >= 4 is 169 Å². The minimum absolute atomic E-state index is 0.000000000000000444. The number of anilines is 9. The number of nitrogens with two attached hydrogens (primary N) is 1. The number of rotatable bonds is 14. The van der Waals surface area contributed by atoms with E-state index in [4.69, 9.17) is 141 Å². The van der Waals surface area contributed by atoms with E-state index in [1.54, 1.807) is 83.0 Å². The van der Waals surface area contributed by atoms with Gasteiger partial charge in [0.05, 0.1) is 48.5 Å². The van der Waals surface area contributed by atoms with Gasteiger partial charge in [-0.1, -0.05) is 97.8 Å². The summed E-state index contributed by atoms with van der Waals surface area (Å²) in [6.45, 7) is 1.87. The fourth-order valence-electron chi connectivity index (χ4n) is 8.27. The molecule has 4 aromatic heterocycles. The number of ether oxygens (including phenoxy) is 4. The maximum Gasteiger partial charge on any atom is 0.233 e. The Morgan fingerprint density at radius 3 is 0.966 bits per heavy atom. The first-order chi connectivity index (χ1) is 41.8. The van der Waals surface area contributed by atoms with Crippen molar-refractivity contribution in [3.05, 3.63) is 130 Å². The number of methoxy groups -OCH3 is 4. The van der Waals surface area contributed by atoms with Gasteiger partial charge in [0, 0.05) is 34.8 Å². The molecule has 32 heteroatoms. The van der Waals surface area contributed by atoms with Crippen LogP contribution in [0.5, 0.6) is 23.0 Å². The lowest BCUT2D eigenvalue weighted by Gasteiger charge is -2.17. The molecule has 87 heavy (non-hydrogen) atoms. The van der Waals surface area contributed by atoms with E-state index in [0.717, 1.165) is 24.2 Å². The normalized spacial score (nSPS) is 13.1. The van der Waals surface area contributed by atoms with Gasteiger partial charge in [0.15, 0.2) is 0 Å². The Bertz CT molecular complexity index is 3290. The van der Waals surface area contributed by atoms with Crippen molar-refractivity contribution in [2.45, 2.75) is 96.1 Å². The zero-order chi connectivity index (χ0) is 62.8. The quantitative estimate of drug-likeness (QED) is 0.0436. The van der Waals surface area contributed by atoms with Crippen LogP contribution in [-0.4, -0.2) is 100 Å². The number of aryl methyl sites for hydroxylation is 1. The monoisotopic (exact) mass is 1390 g/mol. The topological polar surface area (TPSA) is 278 Å². The largest absolute Gasteiger partial charge is 0.495 e. The Balaban J connectivity index is 0.000000183. The highest BCUT2D eigenvalue weighted by Gasteiger charge is 2.17. The fraction of sp³-hybridized carbons (Fsp3) is 0.345. The highest BCUT2D eigenvalue weighted by atomic mass is 35.5. The van der Waals surface area contributed by atoms with Gasteiger partial charge in [-0.05, 0) is 175 Å². The molecule has 2 aliphatic carbocycles. The number of benzene rings is 4. The first-order valence-corrected chi connectivity index (χ1v) is 30.4. The lowest BCUT2D eigenvalue weighted by atomic mass is 10.1. The minimum atomic E-state index is 0.000000000000000444. The van der Waals surface area contributed by atoms with Crippen molar-refractivity contribution in [1.29, 1.82) is 0 Å². The zero-order valence-electron chi connectivity index (χ0n) is 47.4. The van der Waals surface area contributed by atoms with Crippen LogP contribution in [-0.2, 0) is 0 Å². The summed E-state index contributed by atoms with van der Waals surface area (Å²) < 4.78 is 20.3. The summed E-state index contributed by atoms with van der Waals surface area (Å²) in [6, 6.07) is 21.9. The molecule has 8 aromatic rings. The lowest BCUT2D eigenvalue weighted by Crippen LogP contribution is -2.20. The van der Waals surface area contributed by atoms with E-state index < -0.39 is 0 Å². The molecule has 10 rings (SSSR count). The minimum Gasteiger partial charge on any atom is -0.495 e. The third kappa shape index (κ3) is 24.7. The van der Waals surface area contributed by atoms with Crippen LogP contribution in [0.4, 0.5) is 52.5 Å². The molecule has 0 aliphatic heterocycles. The smallest absolute Gasteiger partial charge is 0.233 e. The summed E-state index contributed by atoms with van der Waals surface area (Å²) in [5.74, 6) is 5.38. The van der Waals surface area contributed by atoms with Crippen molar-refractivity contribution in [2.75, 3.05) is 60.8 Å². The maximum atomic E-state index is 6.17. The Hall–Kier alpha value is -6.18. The third-order valence-corrected chi connectivity index (χ3v) is 14.5. The molecule has 4 aromatic carbocycles. The summed E-state index contributed by atoms with van der Waals surface area (Å²) in [7, 11) is 6.28. The molecular formula is C55H60Cl10N18O4. The number of halogens is 10. The van der Waals surface area contributed by atoms with Crippen molar-refractivity contribution in [3.63, 3.8) is 0 Å². The van der Waals surface area contributed by atoms with E-state index in [1.807, 2.05) is 25.1 Å². The van der Waals surface area contributed by atoms with Crippen LogP contribution in [0.25, 0.3) is 0 Å². The van der Waals surface area contributed by atoms with Gasteiger partial charge in [0.1, 0.15) is 28.8 Å². The van der Waals surface area contributed by atoms with Gasteiger partial charge in [0.25, 0.3) is 0 Å². The van der Waals surface area contributed by atoms with Crippen molar-refractivity contribution in [3.8, 4) is 23.0 Å². The van der Waals surface area contributed by atoms with E-state index >= 15 is 0 Å². The van der Waals surface area contributed by atoms with E-state index in [1.165, 1.54) is 64.2 Å². The van der Waals surface area contributed by atoms with Crippen LogP contribution < -0.4 is 51.3 Å². The molecule has 2 fully saturated rings. The Morgan fingerprint density at radius 1 is 0.345 bits per heavy atom. The fourth-order valence-corrected chi connectivity index (χ4v) is 10.4. The highest BCUT2D eigenvalue weighted by Crippen LogP contribution is 2.32. The second kappa shape index (κ2) is 36.3. The van der Waals surface area contributed by atoms with Gasteiger partial charge in [-0.25, -0.2) is 0 Å². The van der Waals surface area contributed by atoms with Crippen LogP contribution in [0.3, 0.4) is 0 Å². The van der Waals surface area contributed by atoms with Gasteiger partial charge >= 0.3 is 0 Å². The van der Waals surface area contributed by atoms with Crippen LogP contribution >= 0.6 is 116 Å². The second-order valence-electron chi connectivity index (χ2n) is 18.6. The number of hydrogen-bond acceptors (Lipinski definition) is 22. The van der Waals surface area contributed by atoms with Gasteiger partial charge in [0.2, 0.25) is 61.4 Å². The van der Waals surface area contributed by atoms with Gasteiger partial charge in [-0.15, -0.1) is 0 Å². The van der Waals surface area contributed by atoms with Crippen molar-refractivity contribution < 1.29 is 18.9 Å². The second-order valence-corrected chi connectivity index (χ2v) is 22.3. The van der Waals surface area contributed by atoms with Crippen LogP contribution in [0.15, 0.2) is 72.8 Å². The average Bonchev–Trinajstić information content (AvgIpc) is 3.62. The molecule has 22 nitrogen and oxygen atoms in total. The molecule has 7 N–H and O–H groups in total. The van der Waals surface area contributed by atoms with E-state index in [2.05, 4.69) is 86.4 Å². The highest BCUT2D eigenvalue weighted by molar-refractivity contribution is 6.34. The van der Waals surface area contributed by atoms with Gasteiger partial charge < -0.3 is 51.3 Å². The molecule has 0 unspecified atom stereocenters. The maximum absolute atomic E-state index is 6.17. The molecule has 0 atom stereocenters. The number of nitrogens with one attached hydrogen (secondary N) is 5. The molecule has 2 aliphatic rings. The van der Waals surface area contributed by atoms with E-state index in [9.17, 15) is 0 Å². The molecule has 464 valence electrons. The van der Waals surface area contributed by atoms with E-state index in [0.29, 0.717) is 96.2 Å². The summed E-state index contributed by atoms with van der Waals surface area (Å²) in [4.78, 5) is 47.8. The Morgan fingerprint density at radius 2 is 0.621 bits per heavy atom. The third-order valence-electron chi connectivity index (χ3n) is 12.3. The van der Waals surface area contributed by atoms with Crippen LogP contribution in [0.1, 0.15) is 82.9 Å². The summed E-state index contributed by atoms with van der Waals surface area (Å²) in [5.41, 5.74) is 8.31. The standard InChI is InChI=1S/C18H24ClN5O.C17H21Cl2N5O.C10H7Cl3N4O.C7H8ClNO.C3Cl3N3/c1-12-20-17(22-13-7-5-3-4-6-8-13)24-18(21-12)23-14-9-10-16(25-2)15(19)11-14;1-25-14-9-8-12(10-13(14)18)21-17-23-15(19)22-16(24-17)20-11-6-4-2-3-5-7-11;1-18-7-3-2-5(4-6(7)11)14-10-16-8(12)15-9(13)17-10;1-10-7-3-2-5(9)4-6(7)8;4-1-7-2(5)9-3(6)8-1/h9-11,13H,3-8H2,1-2H3,(H2,20,21,22,23,24);8-11H,2-7H2,1H3,(H2,20,21,22,23,24);2-4H,1H3,(H,14,15,16,17);2-4H,9H2,1H3;. The molecule has 0 radical (unpaired) electrons. The molecular weight excluding hydrogens is 1330 g/mol. The predicted octanol–water partition coefficient (Wildman–Crippen LogP) is 17.1. The molecule has 0 amide bonds. The van der Waals surface area contributed by atoms with Crippen molar-refractivity contribution in [1.82, 2.24) is 59.8 Å². The molecule has 0 saturated heterocycles. The predicted molar refractivity (Wildman–Crippen MR) is 351 cm³/mol. The van der Waals surface area contributed by atoms with E-state index in [-0.39, 0.29) is 37.6 Å². The molecule has 2 saturated carbocycles. The molecule has 0 bridgehead atoms. The number of nitrogen functional groups attached to an aromatic ring is 1. The zero-order valence-corrected chi connectivity index (χ0v) is 55.0. The first-order valence-electron chi connectivity index (χ1n) is 26.7. The average molecular weight is 1390 g/mol. The summed E-state index contributed by atoms with van der Waals surface area (Å²) in [6.07, 6.45) is 14.8. The molecule has 4 heterocycles. The van der Waals surface area contributed by atoms with Gasteiger partial charge in [-0.3, -0.25) is 0 Å². The summed E-state index contributed by atoms with van der Waals surface area (Å²) in [5, 5.41) is 18.3. The van der Waals surface area contributed by atoms with Crippen LogP contribution in [0, 0.1) is 6.92 Å². The van der Waals surface area contributed by atoms with Crippen LogP contribution in [0.2, 0.25) is 51.8 Å². The van der Waals surface area contributed by atoms with Gasteiger partial charge in [-0.2, -0.15) is 59.8 Å². The number of aromatic nitrogens is 12. The first kappa shape index (κ1) is 69.9. The number of hydrogen-bond donors (Lipinski definition) is 6. The number of nitrogens with zero attached hydrogens (tertiary/aromatic N) is 12. The Labute approximate surface area is 553 Å².